The summed E-state index contributed by atoms with van der Waals surface area (Å²) < 4.78 is 8.06. The Hall–Kier alpha value is -3.33. The van der Waals surface area contributed by atoms with Gasteiger partial charge in [0.1, 0.15) is 6.61 Å². The van der Waals surface area contributed by atoms with E-state index in [1.807, 2.05) is 30.3 Å². The molecular formula is C26H23NO2. The van der Waals surface area contributed by atoms with E-state index in [2.05, 4.69) is 54.8 Å². The van der Waals surface area contributed by atoms with Gasteiger partial charge in [0.15, 0.2) is 0 Å². The molecule has 0 aliphatic carbocycles. The lowest BCUT2D eigenvalue weighted by Gasteiger charge is -2.21. The number of aromatic nitrogens is 1. The van der Waals surface area contributed by atoms with Crippen LogP contribution in [0.4, 0.5) is 0 Å². The third-order valence-corrected chi connectivity index (χ3v) is 5.76. The quantitative estimate of drug-likeness (QED) is 0.418. The molecule has 3 nitrogen and oxygen atoms in total. The normalized spacial score (nSPS) is 12.5. The smallest absolute Gasteiger partial charge is 0.341 e. The van der Waals surface area contributed by atoms with Gasteiger partial charge in [0, 0.05) is 23.0 Å². The molecule has 3 heteroatoms. The largest absolute Gasteiger partial charge is 0.457 e. The molecule has 1 aliphatic heterocycles. The molecule has 1 aliphatic rings. The molecule has 0 bridgehead atoms. The molecule has 0 radical (unpaired) electrons. The maximum Gasteiger partial charge on any atom is 0.341 e. The number of aryl methyl sites for hydroxylation is 4. The summed E-state index contributed by atoms with van der Waals surface area (Å²) in [5.41, 5.74) is 8.60. The van der Waals surface area contributed by atoms with Crippen molar-refractivity contribution in [1.29, 1.82) is 0 Å². The van der Waals surface area contributed by atoms with E-state index in [0.29, 0.717) is 5.56 Å². The Bertz CT molecular complexity index is 1230. The van der Waals surface area contributed by atoms with Gasteiger partial charge >= 0.3 is 5.97 Å². The summed E-state index contributed by atoms with van der Waals surface area (Å²) in [5.74, 6) is -0.258. The van der Waals surface area contributed by atoms with E-state index in [-0.39, 0.29) is 12.6 Å². The standard InChI is InChI=1S/C26H23NO2/c1-17-8-10-21-20(14-17)12-13-27-23-11-9-18(2)15-22(23)24(25(21)27)26(28)29-16-19-6-4-3-5-7-19/h3-11,14-15H,12-13,16H2,1-2H3. The highest BCUT2D eigenvalue weighted by Gasteiger charge is 2.28. The fourth-order valence-corrected chi connectivity index (χ4v) is 4.38. The zero-order valence-corrected chi connectivity index (χ0v) is 16.7. The van der Waals surface area contributed by atoms with Crippen LogP contribution in [-0.2, 0) is 24.3 Å². The van der Waals surface area contributed by atoms with Gasteiger partial charge in [-0.3, -0.25) is 0 Å². The maximum atomic E-state index is 13.3. The van der Waals surface area contributed by atoms with E-state index in [1.165, 1.54) is 11.1 Å². The predicted octanol–water partition coefficient (Wildman–Crippen LogP) is 5.84. The molecule has 3 aromatic carbocycles. The molecule has 0 unspecified atom stereocenters. The number of fused-ring (bicyclic) bond motifs is 5. The minimum atomic E-state index is -0.258. The molecule has 4 aromatic rings. The minimum Gasteiger partial charge on any atom is -0.457 e. The molecule has 2 heterocycles. The van der Waals surface area contributed by atoms with Crippen molar-refractivity contribution in [3.8, 4) is 11.3 Å². The summed E-state index contributed by atoms with van der Waals surface area (Å²) in [4.78, 5) is 13.3. The highest BCUT2D eigenvalue weighted by Crippen LogP contribution is 2.40. The third kappa shape index (κ3) is 3.03. The fraction of sp³-hybridized carbons (Fsp3) is 0.192. The first-order valence-electron chi connectivity index (χ1n) is 10.1. The molecule has 0 saturated carbocycles. The van der Waals surface area contributed by atoms with Crippen LogP contribution in [0.15, 0.2) is 66.7 Å². The number of nitrogens with zero attached hydrogens (tertiary/aromatic N) is 1. The Morgan fingerprint density at radius 2 is 1.72 bits per heavy atom. The summed E-state index contributed by atoms with van der Waals surface area (Å²) in [6.45, 7) is 5.32. The number of hydrogen-bond donors (Lipinski definition) is 0. The number of carbonyl (C=O) groups is 1. The van der Waals surface area contributed by atoms with Crippen molar-refractivity contribution in [2.24, 2.45) is 0 Å². The van der Waals surface area contributed by atoms with Gasteiger partial charge < -0.3 is 9.30 Å². The number of esters is 1. The Labute approximate surface area is 170 Å². The number of benzene rings is 3. The Balaban J connectivity index is 1.66. The summed E-state index contributed by atoms with van der Waals surface area (Å²) in [5, 5.41) is 0.978. The van der Waals surface area contributed by atoms with Crippen molar-refractivity contribution >= 4 is 16.9 Å². The van der Waals surface area contributed by atoms with Crippen LogP contribution < -0.4 is 0 Å². The fourth-order valence-electron chi connectivity index (χ4n) is 4.38. The van der Waals surface area contributed by atoms with Crippen LogP contribution in [0.1, 0.15) is 32.6 Å². The Morgan fingerprint density at radius 3 is 2.55 bits per heavy atom. The van der Waals surface area contributed by atoms with Gasteiger partial charge in [-0.25, -0.2) is 4.79 Å². The molecule has 0 saturated heterocycles. The second-order valence-electron chi connectivity index (χ2n) is 7.87. The van der Waals surface area contributed by atoms with E-state index in [1.54, 1.807) is 0 Å². The van der Waals surface area contributed by atoms with Crippen LogP contribution in [0.2, 0.25) is 0 Å². The molecule has 0 atom stereocenters. The van der Waals surface area contributed by atoms with Crippen molar-refractivity contribution < 1.29 is 9.53 Å². The molecule has 0 N–H and O–H groups in total. The van der Waals surface area contributed by atoms with Crippen LogP contribution in [0.5, 0.6) is 0 Å². The van der Waals surface area contributed by atoms with Crippen LogP contribution in [0, 0.1) is 13.8 Å². The van der Waals surface area contributed by atoms with Gasteiger partial charge in [-0.05, 0) is 43.5 Å². The van der Waals surface area contributed by atoms with Gasteiger partial charge in [0.25, 0.3) is 0 Å². The predicted molar refractivity (Wildman–Crippen MR) is 116 cm³/mol. The topological polar surface area (TPSA) is 31.2 Å². The highest BCUT2D eigenvalue weighted by molar-refractivity contribution is 6.11. The molecular weight excluding hydrogens is 358 g/mol. The van der Waals surface area contributed by atoms with Crippen LogP contribution in [-0.4, -0.2) is 10.5 Å². The first-order valence-corrected chi connectivity index (χ1v) is 10.1. The number of ether oxygens (including phenoxy) is 1. The molecule has 0 fully saturated rings. The van der Waals surface area contributed by atoms with E-state index in [4.69, 9.17) is 4.74 Å². The van der Waals surface area contributed by atoms with Crippen molar-refractivity contribution in [1.82, 2.24) is 4.57 Å². The van der Waals surface area contributed by atoms with Crippen molar-refractivity contribution in [3.63, 3.8) is 0 Å². The van der Waals surface area contributed by atoms with Gasteiger partial charge in [0.05, 0.1) is 11.3 Å². The Morgan fingerprint density at radius 1 is 0.966 bits per heavy atom. The molecule has 5 rings (SSSR count). The lowest BCUT2D eigenvalue weighted by molar-refractivity contribution is 0.0476. The van der Waals surface area contributed by atoms with E-state index in [9.17, 15) is 4.79 Å². The average molecular weight is 381 g/mol. The van der Waals surface area contributed by atoms with Gasteiger partial charge in [-0.1, -0.05) is 65.7 Å². The number of carbonyl (C=O) groups excluding carboxylic acids is 1. The summed E-state index contributed by atoms with van der Waals surface area (Å²) in [6, 6.07) is 22.7. The first kappa shape index (κ1) is 17.7. The van der Waals surface area contributed by atoms with E-state index >= 15 is 0 Å². The first-order chi connectivity index (χ1) is 14.1. The van der Waals surface area contributed by atoms with E-state index < -0.39 is 0 Å². The average Bonchev–Trinajstić information content (AvgIpc) is 3.06. The summed E-state index contributed by atoms with van der Waals surface area (Å²) in [6.07, 6.45) is 0.972. The Kier molecular flexibility index (Phi) is 4.24. The van der Waals surface area contributed by atoms with Crippen LogP contribution in [0.25, 0.3) is 22.2 Å². The van der Waals surface area contributed by atoms with Crippen molar-refractivity contribution in [3.05, 3.63) is 94.5 Å². The van der Waals surface area contributed by atoms with Gasteiger partial charge in [-0.15, -0.1) is 0 Å². The zero-order valence-electron chi connectivity index (χ0n) is 16.7. The molecule has 1 aromatic heterocycles. The second-order valence-corrected chi connectivity index (χ2v) is 7.87. The SMILES string of the molecule is Cc1ccc2c(c1)CCn1c-2c(C(=O)OCc2ccccc2)c2cc(C)ccc21. The van der Waals surface area contributed by atoms with Crippen LogP contribution >= 0.6 is 0 Å². The third-order valence-electron chi connectivity index (χ3n) is 5.76. The maximum absolute atomic E-state index is 13.3. The molecule has 144 valence electrons. The lowest BCUT2D eigenvalue weighted by atomic mass is 9.94. The van der Waals surface area contributed by atoms with Gasteiger partial charge in [-0.2, -0.15) is 0 Å². The summed E-state index contributed by atoms with van der Waals surface area (Å²) >= 11 is 0. The molecule has 29 heavy (non-hydrogen) atoms. The van der Waals surface area contributed by atoms with Gasteiger partial charge in [0.2, 0.25) is 0 Å². The van der Waals surface area contributed by atoms with Crippen molar-refractivity contribution in [2.45, 2.75) is 33.4 Å². The summed E-state index contributed by atoms with van der Waals surface area (Å²) in [7, 11) is 0. The minimum absolute atomic E-state index is 0.258. The monoisotopic (exact) mass is 381 g/mol. The molecule has 0 amide bonds. The number of rotatable bonds is 3. The zero-order chi connectivity index (χ0) is 20.0. The highest BCUT2D eigenvalue weighted by atomic mass is 16.5. The second kappa shape index (κ2) is 6.93. The lowest BCUT2D eigenvalue weighted by Crippen LogP contribution is -2.14. The van der Waals surface area contributed by atoms with E-state index in [0.717, 1.165) is 46.3 Å². The van der Waals surface area contributed by atoms with Crippen LogP contribution in [0.3, 0.4) is 0 Å². The molecule has 0 spiro atoms. The van der Waals surface area contributed by atoms with Crippen molar-refractivity contribution in [2.75, 3.05) is 0 Å². The number of hydrogen-bond acceptors (Lipinski definition) is 2.